The molecule has 0 N–H and O–H groups in total. The van der Waals surface area contributed by atoms with Crippen LogP contribution in [0.3, 0.4) is 0 Å². The molecule has 0 unspecified atom stereocenters. The second-order valence-corrected chi connectivity index (χ2v) is 16.9. The van der Waals surface area contributed by atoms with Crippen molar-refractivity contribution >= 4 is 225 Å². The molecule has 0 bridgehead atoms. The fraction of sp³-hybridized carbons (Fsp3) is 0. The van der Waals surface area contributed by atoms with Crippen molar-refractivity contribution < 1.29 is 8.83 Å². The van der Waals surface area contributed by atoms with Gasteiger partial charge in [-0.15, -0.1) is 27.3 Å². The molecule has 290 valence electrons. The van der Waals surface area contributed by atoms with Crippen LogP contribution in [0.1, 0.15) is 0 Å². The number of para-hydroxylation sites is 1. The lowest BCUT2D eigenvalue weighted by molar-refractivity contribution is 0.668. The molecule has 0 aliphatic carbocycles. The third kappa shape index (κ3) is 6.26. The van der Waals surface area contributed by atoms with E-state index < -0.39 is 0 Å². The topological polar surface area (TPSA) is 69.9 Å². The van der Waals surface area contributed by atoms with Crippen LogP contribution in [-0.2, 0) is 0 Å². The Hall–Kier alpha value is -7.05. The number of benzene rings is 8. The molecule has 12 rings (SSSR count). The molecule has 0 spiro atoms. The predicted molar refractivity (Wildman–Crippen MR) is 295 cm³/mol. The van der Waals surface area contributed by atoms with E-state index in [1.54, 1.807) is 4.57 Å². The van der Waals surface area contributed by atoms with Crippen LogP contribution in [0.2, 0.25) is 0 Å². The zero-order valence-corrected chi connectivity index (χ0v) is 36.4. The summed E-state index contributed by atoms with van der Waals surface area (Å²) in [5.41, 5.74) is 6.82. The Morgan fingerprint density at radius 3 is 1.58 bits per heavy atom. The van der Waals surface area contributed by atoms with Crippen molar-refractivity contribution in [3.63, 3.8) is 0 Å². The highest BCUT2D eigenvalue weighted by atomic mass is 16.3. The van der Waals surface area contributed by atoms with E-state index in [4.69, 9.17) is 118 Å². The highest BCUT2D eigenvalue weighted by Crippen LogP contribution is 2.39. The van der Waals surface area contributed by atoms with E-state index in [0.717, 1.165) is 38.3 Å². The minimum Gasteiger partial charge on any atom is -0.456 e. The first-order valence-corrected chi connectivity index (χ1v) is 21.5. The van der Waals surface area contributed by atoms with Crippen LogP contribution in [0.25, 0.3) is 117 Å². The SMILES string of the molecule is [B]c1c([B])c([B])c(-c2c([B])c([B])c3c4c([B])c([B])c([B])c([B])c4n(-c4ccc5c(c4)oc4cccc(-c6nc(-c7ccccc7)nc(-c7ccc8c(c7)oc7ccccc78)n6)c45)c3c2[B])c([B])c1[B]. The van der Waals surface area contributed by atoms with Crippen LogP contribution in [0.5, 0.6) is 0 Å². The largest absolute Gasteiger partial charge is 0.456 e. The maximum absolute atomic E-state index is 7.21. The summed E-state index contributed by atoms with van der Waals surface area (Å²) in [6.45, 7) is 0. The molecule has 8 aromatic carbocycles. The van der Waals surface area contributed by atoms with Gasteiger partial charge in [0.15, 0.2) is 17.5 Å². The molecule has 6 nitrogen and oxygen atoms in total. The first-order chi connectivity index (χ1) is 33.2. The van der Waals surface area contributed by atoms with Crippen molar-refractivity contribution in [3.05, 3.63) is 109 Å². The number of rotatable bonds is 5. The van der Waals surface area contributed by atoms with E-state index in [0.29, 0.717) is 67.3 Å². The molecular formula is C51H18B12N4O2. The van der Waals surface area contributed by atoms with Gasteiger partial charge < -0.3 is 13.4 Å². The molecule has 0 saturated heterocycles. The Labute approximate surface area is 411 Å². The lowest BCUT2D eigenvalue weighted by Gasteiger charge is -2.26. The second kappa shape index (κ2) is 15.7. The van der Waals surface area contributed by atoms with E-state index in [9.17, 15) is 0 Å². The Morgan fingerprint density at radius 2 is 0.841 bits per heavy atom. The van der Waals surface area contributed by atoms with Gasteiger partial charge in [0.05, 0.1) is 0 Å². The predicted octanol–water partition coefficient (Wildman–Crippen LogP) is -1.04. The average Bonchev–Trinajstić information content (AvgIpc) is 4.06. The minimum absolute atomic E-state index is 0.000476. The summed E-state index contributed by atoms with van der Waals surface area (Å²) in [5.74, 6) is 1.37. The number of hydrogen-bond donors (Lipinski definition) is 0. The number of aromatic nitrogens is 4. The standard InChI is InChI=1S/C51H18B12N4O2/c52-35-32(31-36(53)41(58)44(61)42(59)37(31)54)40(57)47-33(38(35)55)34-39(56)43(60)45(62)46(63)48(34)67(47)21-14-16-24-29(18-21)69-27-12-6-10-25(30(24)27)51-65-49(19-7-2-1-3-8-19)64-50(66-51)20-13-15-23-22-9-4-5-11-26(22)68-28(23)17-20/h1-18H. The Bertz CT molecular complexity index is 4210. The van der Waals surface area contributed by atoms with E-state index in [1.165, 1.54) is 0 Å². The van der Waals surface area contributed by atoms with Gasteiger partial charge in [0.2, 0.25) is 0 Å². The number of hydrogen-bond acceptors (Lipinski definition) is 5. The van der Waals surface area contributed by atoms with Crippen molar-refractivity contribution in [1.29, 1.82) is 0 Å². The van der Waals surface area contributed by atoms with Gasteiger partial charge in [0.1, 0.15) is 116 Å². The monoisotopic (exact) mass is 850 g/mol. The molecule has 4 aromatic heterocycles. The Balaban J connectivity index is 1.10. The quantitative estimate of drug-likeness (QED) is 0.208. The van der Waals surface area contributed by atoms with E-state index >= 15 is 0 Å². The molecular weight excluding hydrogens is 830 g/mol. The molecule has 69 heavy (non-hydrogen) atoms. The molecule has 4 heterocycles. The molecule has 24 radical (unpaired) electrons. The maximum atomic E-state index is 7.21. The van der Waals surface area contributed by atoms with Crippen molar-refractivity contribution in [2.75, 3.05) is 0 Å². The van der Waals surface area contributed by atoms with Gasteiger partial charge in [-0.05, 0) is 58.3 Å². The summed E-state index contributed by atoms with van der Waals surface area (Å²) in [5, 5.41) is 4.23. The van der Waals surface area contributed by atoms with Crippen LogP contribution in [0.4, 0.5) is 0 Å². The summed E-state index contributed by atoms with van der Waals surface area (Å²) < 4.78 is 14.7. The number of nitrogens with zero attached hydrogens (tertiary/aromatic N) is 4. The van der Waals surface area contributed by atoms with Crippen molar-refractivity contribution in [3.8, 4) is 51.0 Å². The zero-order chi connectivity index (χ0) is 47.9. The van der Waals surface area contributed by atoms with Crippen molar-refractivity contribution in [2.24, 2.45) is 0 Å². The van der Waals surface area contributed by atoms with Crippen LogP contribution in [0, 0.1) is 0 Å². The third-order valence-electron chi connectivity index (χ3n) is 13.2. The van der Waals surface area contributed by atoms with E-state index in [-0.39, 0.29) is 76.7 Å². The summed E-state index contributed by atoms with van der Waals surface area (Å²) >= 11 is 0. The first-order valence-electron chi connectivity index (χ1n) is 21.5. The van der Waals surface area contributed by atoms with Crippen LogP contribution in [0.15, 0.2) is 118 Å². The van der Waals surface area contributed by atoms with E-state index in [1.807, 2.05) is 109 Å². The van der Waals surface area contributed by atoms with Crippen molar-refractivity contribution in [2.45, 2.75) is 0 Å². The lowest BCUT2D eigenvalue weighted by atomic mass is 9.57. The Morgan fingerprint density at radius 1 is 0.333 bits per heavy atom. The highest BCUT2D eigenvalue weighted by Gasteiger charge is 2.27. The highest BCUT2D eigenvalue weighted by molar-refractivity contribution is 6.72. The van der Waals surface area contributed by atoms with Gasteiger partial charge in [-0.3, -0.25) is 0 Å². The summed E-state index contributed by atoms with van der Waals surface area (Å²) in [4.78, 5) is 15.2. The van der Waals surface area contributed by atoms with E-state index in [2.05, 4.69) is 0 Å². The summed E-state index contributed by atoms with van der Waals surface area (Å²) in [7, 11) is 79.7. The summed E-state index contributed by atoms with van der Waals surface area (Å²) in [6.07, 6.45) is 0. The summed E-state index contributed by atoms with van der Waals surface area (Å²) in [6, 6.07) is 35.0. The fourth-order valence-electron chi connectivity index (χ4n) is 9.69. The molecule has 12 aromatic rings. The molecule has 0 atom stereocenters. The lowest BCUT2D eigenvalue weighted by Crippen LogP contribution is -2.56. The second-order valence-electron chi connectivity index (χ2n) is 16.9. The van der Waals surface area contributed by atoms with Gasteiger partial charge in [0, 0.05) is 61.0 Å². The molecule has 0 saturated carbocycles. The van der Waals surface area contributed by atoms with Crippen molar-refractivity contribution in [1.82, 2.24) is 19.5 Å². The maximum Gasteiger partial charge on any atom is 0.164 e. The molecule has 18 heteroatoms. The average molecular weight is 848 g/mol. The minimum atomic E-state index is -0.00713. The van der Waals surface area contributed by atoms with Crippen LogP contribution < -0.4 is 65.6 Å². The third-order valence-corrected chi connectivity index (χ3v) is 13.2. The molecule has 0 aliphatic heterocycles. The normalized spacial score (nSPS) is 11.9. The number of fused-ring (bicyclic) bond motifs is 9. The van der Waals surface area contributed by atoms with Gasteiger partial charge in [-0.25, -0.2) is 15.0 Å². The smallest absolute Gasteiger partial charge is 0.164 e. The van der Waals surface area contributed by atoms with Crippen LogP contribution >= 0.6 is 0 Å². The van der Waals surface area contributed by atoms with Crippen LogP contribution in [-0.4, -0.2) is 114 Å². The van der Waals surface area contributed by atoms with Gasteiger partial charge in [-0.1, -0.05) is 105 Å². The molecule has 0 aliphatic rings. The van der Waals surface area contributed by atoms with Gasteiger partial charge in [-0.2, -0.15) is 0 Å². The molecule has 0 fully saturated rings. The first kappa shape index (κ1) is 43.2. The van der Waals surface area contributed by atoms with Gasteiger partial charge in [0.25, 0.3) is 0 Å². The Kier molecular flexibility index (Phi) is 9.87. The molecule has 0 amide bonds. The van der Waals surface area contributed by atoms with Gasteiger partial charge >= 0.3 is 0 Å². The fourth-order valence-corrected chi connectivity index (χ4v) is 9.69. The number of furan rings is 2. The zero-order valence-electron chi connectivity index (χ0n) is 36.4.